The molecule has 0 unspecified atom stereocenters. The number of hydrogen-bond acceptors (Lipinski definition) is 4. The highest BCUT2D eigenvalue weighted by atomic mass is 16.2. The quantitative estimate of drug-likeness (QED) is 0.159. The fourth-order valence-electron chi connectivity index (χ4n) is 6.78. The zero-order chi connectivity index (χ0) is 32.8. The summed E-state index contributed by atoms with van der Waals surface area (Å²) < 4.78 is 0. The SMILES string of the molecule is Cc1ccc(C=CC(=O)NC[C@@H]2CCN(CC(c3ccccc3)c3ccccc3)C(=O)[C@H](CCCNC(=O)C3CCCCC3)N2)cc1. The second kappa shape index (κ2) is 17.6. The molecule has 1 heterocycles. The molecular formula is C40H50N4O3. The van der Waals surface area contributed by atoms with Gasteiger partial charge in [-0.1, -0.05) is 110 Å². The maximum atomic E-state index is 14.2. The minimum absolute atomic E-state index is 0.0416. The molecular weight excluding hydrogens is 584 g/mol. The average molecular weight is 635 g/mol. The molecule has 7 nitrogen and oxygen atoms in total. The first-order valence-corrected chi connectivity index (χ1v) is 17.4. The van der Waals surface area contributed by atoms with Gasteiger partial charge in [0, 0.05) is 50.1 Å². The summed E-state index contributed by atoms with van der Waals surface area (Å²) in [5.74, 6) is 0.237. The standard InChI is InChI=1S/C40H50N4O3/c1-30-19-21-31(22-20-30)23-24-38(45)42-28-35-25-27-44(29-36(32-12-5-2-6-13-32)33-14-7-3-8-15-33)40(47)37(43-35)18-11-26-41-39(46)34-16-9-4-10-17-34/h2-3,5-8,12-15,19-24,34-37,43H,4,9-11,16-18,25-29H2,1H3,(H,41,46)(H,42,45)/t35-,37-/m0/s1. The third-order valence-corrected chi connectivity index (χ3v) is 9.57. The zero-order valence-corrected chi connectivity index (χ0v) is 27.7. The van der Waals surface area contributed by atoms with Crippen LogP contribution in [0.1, 0.15) is 79.5 Å². The first-order valence-electron chi connectivity index (χ1n) is 17.4. The number of hydrogen-bond donors (Lipinski definition) is 3. The van der Waals surface area contributed by atoms with Crippen molar-refractivity contribution in [2.45, 2.75) is 76.3 Å². The van der Waals surface area contributed by atoms with Crippen molar-refractivity contribution < 1.29 is 14.4 Å². The summed E-state index contributed by atoms with van der Waals surface area (Å²) in [6.07, 6.45) is 10.8. The lowest BCUT2D eigenvalue weighted by Crippen LogP contribution is -2.49. The summed E-state index contributed by atoms with van der Waals surface area (Å²) in [6, 6.07) is 28.3. The molecule has 1 saturated heterocycles. The van der Waals surface area contributed by atoms with Gasteiger partial charge in [-0.25, -0.2) is 0 Å². The number of amides is 3. The number of carbonyl (C=O) groups is 3. The minimum atomic E-state index is -0.402. The van der Waals surface area contributed by atoms with Gasteiger partial charge in [0.25, 0.3) is 0 Å². The predicted molar refractivity (Wildman–Crippen MR) is 189 cm³/mol. The van der Waals surface area contributed by atoms with Crippen LogP contribution < -0.4 is 16.0 Å². The molecule has 47 heavy (non-hydrogen) atoms. The monoisotopic (exact) mass is 634 g/mol. The van der Waals surface area contributed by atoms with E-state index >= 15 is 0 Å². The molecule has 3 aromatic rings. The molecule has 248 valence electrons. The maximum Gasteiger partial charge on any atom is 0.244 e. The van der Waals surface area contributed by atoms with Crippen molar-refractivity contribution in [1.29, 1.82) is 0 Å². The zero-order valence-electron chi connectivity index (χ0n) is 27.7. The summed E-state index contributed by atoms with van der Waals surface area (Å²) in [6.45, 7) is 4.19. The van der Waals surface area contributed by atoms with E-state index in [9.17, 15) is 14.4 Å². The topological polar surface area (TPSA) is 90.5 Å². The van der Waals surface area contributed by atoms with Crippen molar-refractivity contribution in [2.24, 2.45) is 5.92 Å². The summed E-state index contributed by atoms with van der Waals surface area (Å²) in [5.41, 5.74) is 4.50. The lowest BCUT2D eigenvalue weighted by atomic mass is 9.88. The summed E-state index contributed by atoms with van der Waals surface area (Å²) in [7, 11) is 0. The number of aryl methyl sites for hydroxylation is 1. The summed E-state index contributed by atoms with van der Waals surface area (Å²) in [5, 5.41) is 9.78. The van der Waals surface area contributed by atoms with Crippen molar-refractivity contribution in [3.63, 3.8) is 0 Å². The number of rotatable bonds is 13. The molecule has 2 fully saturated rings. The molecule has 0 aromatic heterocycles. The maximum absolute atomic E-state index is 14.2. The second-order valence-electron chi connectivity index (χ2n) is 13.1. The molecule has 3 N–H and O–H groups in total. The molecule has 1 aliphatic heterocycles. The average Bonchev–Trinajstić information content (AvgIpc) is 3.26. The van der Waals surface area contributed by atoms with Crippen LogP contribution in [0.25, 0.3) is 6.08 Å². The van der Waals surface area contributed by atoms with Crippen LogP contribution in [-0.2, 0) is 14.4 Å². The minimum Gasteiger partial charge on any atom is -0.356 e. The third kappa shape index (κ3) is 10.4. The fraction of sp³-hybridized carbons (Fsp3) is 0.425. The van der Waals surface area contributed by atoms with Crippen LogP contribution in [0.4, 0.5) is 0 Å². The Morgan fingerprint density at radius 1 is 0.872 bits per heavy atom. The number of benzene rings is 3. The Morgan fingerprint density at radius 3 is 2.19 bits per heavy atom. The lowest BCUT2D eigenvalue weighted by Gasteiger charge is -2.29. The van der Waals surface area contributed by atoms with Gasteiger partial charge in [0.1, 0.15) is 0 Å². The van der Waals surface area contributed by atoms with E-state index in [0.29, 0.717) is 39.0 Å². The van der Waals surface area contributed by atoms with E-state index in [0.717, 1.165) is 37.7 Å². The van der Waals surface area contributed by atoms with Gasteiger partial charge in [0.15, 0.2) is 0 Å². The van der Waals surface area contributed by atoms with Crippen LogP contribution in [0.15, 0.2) is 91.0 Å². The van der Waals surface area contributed by atoms with Crippen molar-refractivity contribution in [3.8, 4) is 0 Å². The highest BCUT2D eigenvalue weighted by molar-refractivity contribution is 5.91. The molecule has 1 saturated carbocycles. The van der Waals surface area contributed by atoms with Gasteiger partial charge in [-0.05, 0) is 61.8 Å². The van der Waals surface area contributed by atoms with Crippen LogP contribution in [0.2, 0.25) is 0 Å². The van der Waals surface area contributed by atoms with Gasteiger partial charge >= 0.3 is 0 Å². The number of nitrogens with zero attached hydrogens (tertiary/aromatic N) is 1. The Bertz CT molecular complexity index is 1410. The van der Waals surface area contributed by atoms with Crippen LogP contribution in [0.3, 0.4) is 0 Å². The molecule has 1 aliphatic carbocycles. The van der Waals surface area contributed by atoms with Crippen molar-refractivity contribution in [3.05, 3.63) is 113 Å². The highest BCUT2D eigenvalue weighted by Crippen LogP contribution is 2.27. The number of nitrogens with one attached hydrogen (secondary N) is 3. The predicted octanol–water partition coefficient (Wildman–Crippen LogP) is 5.99. The normalized spacial score (nSPS) is 19.1. The summed E-state index contributed by atoms with van der Waals surface area (Å²) >= 11 is 0. The van der Waals surface area contributed by atoms with E-state index in [1.807, 2.05) is 78.6 Å². The van der Waals surface area contributed by atoms with E-state index in [1.54, 1.807) is 6.08 Å². The van der Waals surface area contributed by atoms with Crippen molar-refractivity contribution in [2.75, 3.05) is 26.2 Å². The molecule has 0 spiro atoms. The van der Waals surface area contributed by atoms with Crippen molar-refractivity contribution in [1.82, 2.24) is 20.9 Å². The number of carbonyl (C=O) groups excluding carboxylic acids is 3. The van der Waals surface area contributed by atoms with E-state index in [2.05, 4.69) is 40.2 Å². The van der Waals surface area contributed by atoms with Crippen molar-refractivity contribution >= 4 is 23.8 Å². The molecule has 2 aliphatic rings. The lowest BCUT2D eigenvalue weighted by molar-refractivity contribution is -0.133. The van der Waals surface area contributed by atoms with Crippen LogP contribution in [0.5, 0.6) is 0 Å². The van der Waals surface area contributed by atoms with Gasteiger partial charge < -0.3 is 20.9 Å². The smallest absolute Gasteiger partial charge is 0.244 e. The fourth-order valence-corrected chi connectivity index (χ4v) is 6.78. The van der Waals surface area contributed by atoms with E-state index in [-0.39, 0.29) is 35.6 Å². The van der Waals surface area contributed by atoms with Gasteiger partial charge in [0.05, 0.1) is 6.04 Å². The van der Waals surface area contributed by atoms with E-state index in [1.165, 1.54) is 23.1 Å². The van der Waals surface area contributed by atoms with Crippen LogP contribution >= 0.6 is 0 Å². The Balaban J connectivity index is 1.24. The molecule has 3 amide bonds. The van der Waals surface area contributed by atoms with E-state index < -0.39 is 6.04 Å². The van der Waals surface area contributed by atoms with Gasteiger partial charge in [0.2, 0.25) is 17.7 Å². The molecule has 0 radical (unpaired) electrons. The molecule has 7 heteroatoms. The first-order chi connectivity index (χ1) is 23.0. The van der Waals surface area contributed by atoms with Crippen LogP contribution in [-0.4, -0.2) is 60.9 Å². The summed E-state index contributed by atoms with van der Waals surface area (Å²) in [4.78, 5) is 41.6. The molecule has 5 rings (SSSR count). The van der Waals surface area contributed by atoms with Gasteiger partial charge in [-0.3, -0.25) is 14.4 Å². The molecule has 3 aromatic carbocycles. The third-order valence-electron chi connectivity index (χ3n) is 9.57. The Labute approximate surface area is 280 Å². The Morgan fingerprint density at radius 2 is 1.53 bits per heavy atom. The van der Waals surface area contributed by atoms with E-state index in [4.69, 9.17) is 0 Å². The molecule has 0 bridgehead atoms. The molecule has 2 atom stereocenters. The second-order valence-corrected chi connectivity index (χ2v) is 13.1. The Hall–Kier alpha value is -4.23. The van der Waals surface area contributed by atoms with Gasteiger partial charge in [-0.15, -0.1) is 0 Å². The largest absolute Gasteiger partial charge is 0.356 e. The van der Waals surface area contributed by atoms with Crippen LogP contribution in [0, 0.1) is 12.8 Å². The highest BCUT2D eigenvalue weighted by Gasteiger charge is 2.32. The Kier molecular flexibility index (Phi) is 12.8. The van der Waals surface area contributed by atoms with Gasteiger partial charge in [-0.2, -0.15) is 0 Å². The first kappa shape index (κ1) is 34.1.